The Hall–Kier alpha value is -3.82. The molecule has 31 heavy (non-hydrogen) atoms. The summed E-state index contributed by atoms with van der Waals surface area (Å²) < 4.78 is 21.0. The summed E-state index contributed by atoms with van der Waals surface area (Å²) in [4.78, 5) is 32.3. The van der Waals surface area contributed by atoms with Crippen molar-refractivity contribution in [3.63, 3.8) is 0 Å². The lowest BCUT2D eigenvalue weighted by Crippen LogP contribution is -2.48. The summed E-state index contributed by atoms with van der Waals surface area (Å²) in [6.45, 7) is 1.44. The number of hydrogen-bond acceptors (Lipinski definition) is 6. The molecule has 0 spiro atoms. The average Bonchev–Trinajstić information content (AvgIpc) is 3.14. The van der Waals surface area contributed by atoms with Gasteiger partial charge in [0.1, 0.15) is 23.0 Å². The molecule has 0 radical (unpaired) electrons. The number of carbonyl (C=O) groups is 2. The zero-order valence-corrected chi connectivity index (χ0v) is 17.0. The molecule has 4 rings (SSSR count). The van der Waals surface area contributed by atoms with Crippen molar-refractivity contribution in [3.8, 4) is 22.8 Å². The van der Waals surface area contributed by atoms with Crippen LogP contribution in [0, 0.1) is 5.92 Å². The zero-order valence-electron chi connectivity index (χ0n) is 17.0. The first-order chi connectivity index (χ1) is 14.8. The number of imide groups is 1. The lowest BCUT2D eigenvalue weighted by Gasteiger charge is -2.37. The number of aryl methyl sites for hydroxylation is 1. The molecule has 2 N–H and O–H groups in total. The number of amides is 3. The molecule has 3 heterocycles. The SMILES string of the molecule is Cn1cc(-c2cc(Oc3ccc(NC(=O)NC(=O)[C@H]4C[C@@](C)(F)C4)nc3)ccn2)cn1. The Kier molecular flexibility index (Phi) is 5.37. The van der Waals surface area contributed by atoms with Crippen LogP contribution in [0.3, 0.4) is 0 Å². The van der Waals surface area contributed by atoms with Crippen LogP contribution in [0.25, 0.3) is 11.3 Å². The lowest BCUT2D eigenvalue weighted by molar-refractivity contribution is -0.131. The topological polar surface area (TPSA) is 111 Å². The summed E-state index contributed by atoms with van der Waals surface area (Å²) in [5.41, 5.74) is 0.255. The van der Waals surface area contributed by atoms with Gasteiger partial charge in [0.05, 0.1) is 18.1 Å². The first kappa shape index (κ1) is 20.5. The third-order valence-corrected chi connectivity index (χ3v) is 4.90. The monoisotopic (exact) mass is 424 g/mol. The predicted octanol–water partition coefficient (Wildman–Crippen LogP) is 3.46. The van der Waals surface area contributed by atoms with Crippen LogP contribution in [0.5, 0.6) is 11.5 Å². The molecule has 0 bridgehead atoms. The fourth-order valence-electron chi connectivity index (χ4n) is 3.35. The quantitative estimate of drug-likeness (QED) is 0.649. The van der Waals surface area contributed by atoms with Crippen LogP contribution in [0.4, 0.5) is 15.0 Å². The van der Waals surface area contributed by atoms with Gasteiger partial charge < -0.3 is 4.74 Å². The van der Waals surface area contributed by atoms with Crippen molar-refractivity contribution in [2.24, 2.45) is 13.0 Å². The van der Waals surface area contributed by atoms with Crippen LogP contribution in [-0.4, -0.2) is 37.4 Å². The average molecular weight is 424 g/mol. The maximum absolute atomic E-state index is 13.5. The molecule has 10 heteroatoms. The third-order valence-electron chi connectivity index (χ3n) is 4.90. The van der Waals surface area contributed by atoms with E-state index in [4.69, 9.17) is 4.74 Å². The molecule has 0 aromatic carbocycles. The molecule has 0 atom stereocenters. The lowest BCUT2D eigenvalue weighted by atomic mass is 9.73. The molecule has 1 fully saturated rings. The van der Waals surface area contributed by atoms with Crippen LogP contribution < -0.4 is 15.4 Å². The number of pyridine rings is 2. The number of ether oxygens (including phenoxy) is 1. The molecule has 1 saturated carbocycles. The van der Waals surface area contributed by atoms with Crippen molar-refractivity contribution in [3.05, 3.63) is 49.1 Å². The number of halogens is 1. The summed E-state index contributed by atoms with van der Waals surface area (Å²) in [5, 5.41) is 8.81. The predicted molar refractivity (Wildman–Crippen MR) is 110 cm³/mol. The van der Waals surface area contributed by atoms with E-state index in [0.717, 1.165) is 11.3 Å². The van der Waals surface area contributed by atoms with E-state index in [0.29, 0.717) is 11.5 Å². The molecule has 0 unspecified atom stereocenters. The number of urea groups is 1. The maximum atomic E-state index is 13.5. The van der Waals surface area contributed by atoms with Crippen LogP contribution in [0.2, 0.25) is 0 Å². The van der Waals surface area contributed by atoms with Crippen molar-refractivity contribution < 1.29 is 18.7 Å². The Bertz CT molecular complexity index is 1100. The van der Waals surface area contributed by atoms with Crippen molar-refractivity contribution in [1.82, 2.24) is 25.1 Å². The fraction of sp³-hybridized carbons (Fsp3) is 0.286. The van der Waals surface area contributed by atoms with E-state index >= 15 is 0 Å². The van der Waals surface area contributed by atoms with Crippen molar-refractivity contribution in [2.75, 3.05) is 5.32 Å². The van der Waals surface area contributed by atoms with Crippen LogP contribution in [-0.2, 0) is 11.8 Å². The highest BCUT2D eigenvalue weighted by Gasteiger charge is 2.44. The van der Waals surface area contributed by atoms with Crippen molar-refractivity contribution >= 4 is 17.8 Å². The Morgan fingerprint density at radius 1 is 1.19 bits per heavy atom. The summed E-state index contributed by atoms with van der Waals surface area (Å²) >= 11 is 0. The van der Waals surface area contributed by atoms with E-state index in [9.17, 15) is 14.0 Å². The first-order valence-corrected chi connectivity index (χ1v) is 9.67. The Morgan fingerprint density at radius 3 is 2.65 bits per heavy atom. The first-order valence-electron chi connectivity index (χ1n) is 9.67. The van der Waals surface area contributed by atoms with Gasteiger partial charge in [-0.05, 0) is 38.0 Å². The minimum absolute atomic E-state index is 0.119. The van der Waals surface area contributed by atoms with E-state index in [-0.39, 0.29) is 18.7 Å². The van der Waals surface area contributed by atoms with Gasteiger partial charge in [-0.1, -0.05) is 0 Å². The minimum atomic E-state index is -1.33. The number of rotatable bonds is 5. The van der Waals surface area contributed by atoms with E-state index < -0.39 is 23.5 Å². The highest BCUT2D eigenvalue weighted by atomic mass is 19.1. The van der Waals surface area contributed by atoms with E-state index in [2.05, 4.69) is 25.7 Å². The van der Waals surface area contributed by atoms with Crippen LogP contribution in [0.1, 0.15) is 19.8 Å². The number of hydrogen-bond donors (Lipinski definition) is 2. The Balaban J connectivity index is 1.32. The van der Waals surface area contributed by atoms with E-state index in [1.54, 1.807) is 41.3 Å². The van der Waals surface area contributed by atoms with Gasteiger partial charge in [0, 0.05) is 37.0 Å². The van der Waals surface area contributed by atoms with Gasteiger partial charge in [0.15, 0.2) is 0 Å². The number of nitrogens with zero attached hydrogens (tertiary/aromatic N) is 4. The summed E-state index contributed by atoms with van der Waals surface area (Å²) in [7, 11) is 1.83. The maximum Gasteiger partial charge on any atom is 0.327 e. The second-order valence-corrected chi connectivity index (χ2v) is 7.72. The summed E-state index contributed by atoms with van der Waals surface area (Å²) in [5.74, 6) is 0.297. The largest absolute Gasteiger partial charge is 0.456 e. The molecule has 3 aromatic heterocycles. The Morgan fingerprint density at radius 2 is 2.00 bits per heavy atom. The third kappa shape index (κ3) is 5.03. The van der Waals surface area contributed by atoms with Crippen LogP contribution in [0.15, 0.2) is 49.1 Å². The van der Waals surface area contributed by atoms with Gasteiger partial charge in [0.2, 0.25) is 5.91 Å². The molecular weight excluding hydrogens is 403 g/mol. The van der Waals surface area contributed by atoms with Gasteiger partial charge in [0.25, 0.3) is 0 Å². The van der Waals surface area contributed by atoms with E-state index in [1.165, 1.54) is 13.1 Å². The summed E-state index contributed by atoms with van der Waals surface area (Å²) in [6.07, 6.45) is 6.88. The molecule has 9 nitrogen and oxygen atoms in total. The normalized spacial score (nSPS) is 19.9. The van der Waals surface area contributed by atoms with Crippen molar-refractivity contribution in [1.29, 1.82) is 0 Å². The standard InChI is InChI=1S/C21H21FN6O3/c1-21(22)8-13(9-21)19(29)27-20(30)26-18-4-3-16(11-24-18)31-15-5-6-23-17(7-15)14-10-25-28(2)12-14/h3-7,10-13H,8-9H2,1-2H3,(H2,24,26,27,29,30)/t13-,21+. The van der Waals surface area contributed by atoms with Crippen LogP contribution >= 0.6 is 0 Å². The number of alkyl halides is 1. The highest BCUT2D eigenvalue weighted by Crippen LogP contribution is 2.40. The second-order valence-electron chi connectivity index (χ2n) is 7.72. The number of anilines is 1. The summed E-state index contributed by atoms with van der Waals surface area (Å²) in [6, 6.07) is 5.97. The molecule has 3 amide bonds. The second kappa shape index (κ2) is 8.13. The zero-order chi connectivity index (χ0) is 22.0. The van der Waals surface area contributed by atoms with Gasteiger partial charge in [-0.3, -0.25) is 25.1 Å². The smallest absolute Gasteiger partial charge is 0.327 e. The molecule has 1 aliphatic carbocycles. The molecule has 3 aromatic rings. The van der Waals surface area contributed by atoms with Gasteiger partial charge in [-0.15, -0.1) is 0 Å². The van der Waals surface area contributed by atoms with Gasteiger partial charge in [-0.2, -0.15) is 5.10 Å². The fourth-order valence-corrected chi connectivity index (χ4v) is 3.35. The van der Waals surface area contributed by atoms with E-state index in [1.807, 2.05) is 13.2 Å². The minimum Gasteiger partial charge on any atom is -0.456 e. The number of carbonyl (C=O) groups excluding carboxylic acids is 2. The van der Waals surface area contributed by atoms with Crippen molar-refractivity contribution in [2.45, 2.75) is 25.4 Å². The molecule has 0 saturated heterocycles. The highest BCUT2D eigenvalue weighted by molar-refractivity contribution is 6.01. The van der Waals surface area contributed by atoms with Gasteiger partial charge >= 0.3 is 6.03 Å². The molecular formula is C21H21FN6O3. The number of nitrogens with one attached hydrogen (secondary N) is 2. The molecule has 1 aliphatic rings. The molecule has 160 valence electrons. The number of aromatic nitrogens is 4. The van der Waals surface area contributed by atoms with Gasteiger partial charge in [-0.25, -0.2) is 14.2 Å². The molecule has 0 aliphatic heterocycles. The Labute approximate surface area is 177 Å².